The van der Waals surface area contributed by atoms with Crippen molar-refractivity contribution in [3.05, 3.63) is 78.1 Å². The van der Waals surface area contributed by atoms with E-state index in [0.29, 0.717) is 5.56 Å². The van der Waals surface area contributed by atoms with Crippen molar-refractivity contribution < 1.29 is 42.3 Å². The molecule has 3 aromatic rings. The largest absolute Gasteiger partial charge is 0.527 e. The number of benzene rings is 2. The lowest BCUT2D eigenvalue weighted by atomic mass is 10.1. The quantitative estimate of drug-likeness (QED) is 0.276. The molecule has 2 amide bonds. The second-order valence-corrected chi connectivity index (χ2v) is 12.0. The number of amides is 2. The molecule has 4 rings (SSSR count). The van der Waals surface area contributed by atoms with Crippen molar-refractivity contribution in [3.63, 3.8) is 0 Å². The summed E-state index contributed by atoms with van der Waals surface area (Å²) < 4.78 is 31.0. The van der Waals surface area contributed by atoms with E-state index in [1.165, 1.54) is 28.2 Å². The number of nitrogens with zero attached hydrogens (tertiary/aromatic N) is 4. The SMILES string of the molecule is CCOC(=O)ON1CCN(C(=O)[C@H](CCC(=O)O)NC(=O)c2cc(CS(=O)(=O)c3ccccc3)nc(-c3ccccc3)n2)CC1. The number of carbonyl (C=O) groups excluding carboxylic acids is 3. The molecule has 2 heterocycles. The Morgan fingerprint density at radius 3 is 2.22 bits per heavy atom. The molecule has 14 nitrogen and oxygen atoms in total. The van der Waals surface area contributed by atoms with Gasteiger partial charge in [0.1, 0.15) is 11.7 Å². The van der Waals surface area contributed by atoms with Crippen molar-refractivity contribution in [1.29, 1.82) is 0 Å². The molecule has 0 radical (unpaired) electrons. The van der Waals surface area contributed by atoms with Gasteiger partial charge in [0.25, 0.3) is 5.91 Å². The summed E-state index contributed by atoms with van der Waals surface area (Å²) in [5, 5.41) is 13.2. The van der Waals surface area contributed by atoms with Gasteiger partial charge in [0.2, 0.25) is 5.91 Å². The number of aromatic nitrogens is 2. The summed E-state index contributed by atoms with van der Waals surface area (Å²) in [4.78, 5) is 65.4. The standard InChI is InChI=1S/C30H33N5O9S/c1-2-43-30(40)44-35-17-15-34(16-18-35)29(39)24(13-14-26(36)37)33-28(38)25-19-22(20-45(41,42)23-11-7-4-8-12-23)31-27(32-25)21-9-5-3-6-10-21/h3-12,19,24H,2,13-18,20H2,1H3,(H,33,38)(H,36,37)/t24-/m0/s1. The summed E-state index contributed by atoms with van der Waals surface area (Å²) in [6.07, 6.45) is -1.47. The van der Waals surface area contributed by atoms with Crippen molar-refractivity contribution in [2.24, 2.45) is 0 Å². The summed E-state index contributed by atoms with van der Waals surface area (Å²) in [5.41, 5.74) is 0.402. The molecule has 0 spiro atoms. The monoisotopic (exact) mass is 639 g/mol. The minimum absolute atomic E-state index is 0.0593. The molecule has 0 unspecified atom stereocenters. The third-order valence-corrected chi connectivity index (χ3v) is 8.42. The normalized spacial score (nSPS) is 14.3. The maximum Gasteiger partial charge on any atom is 0.527 e. The van der Waals surface area contributed by atoms with E-state index in [4.69, 9.17) is 9.57 Å². The molecular formula is C30H33N5O9S. The zero-order valence-corrected chi connectivity index (χ0v) is 25.3. The van der Waals surface area contributed by atoms with E-state index in [1.54, 1.807) is 55.5 Å². The van der Waals surface area contributed by atoms with E-state index in [2.05, 4.69) is 15.3 Å². The highest BCUT2D eigenvalue weighted by Crippen LogP contribution is 2.20. The van der Waals surface area contributed by atoms with Gasteiger partial charge in [-0.1, -0.05) is 48.5 Å². The van der Waals surface area contributed by atoms with E-state index in [9.17, 15) is 32.7 Å². The third kappa shape index (κ3) is 9.30. The van der Waals surface area contributed by atoms with Gasteiger partial charge in [-0.15, -0.1) is 5.06 Å². The summed E-state index contributed by atoms with van der Waals surface area (Å²) in [5.74, 6) is -2.89. The van der Waals surface area contributed by atoms with Gasteiger partial charge < -0.3 is 24.9 Å². The average molecular weight is 640 g/mol. The molecule has 1 fully saturated rings. The summed E-state index contributed by atoms with van der Waals surface area (Å²) in [6.45, 7) is 2.42. The van der Waals surface area contributed by atoms with Crippen LogP contribution >= 0.6 is 0 Å². The van der Waals surface area contributed by atoms with Gasteiger partial charge in [0.05, 0.1) is 36.0 Å². The van der Waals surface area contributed by atoms with Gasteiger partial charge in [-0.25, -0.2) is 23.2 Å². The van der Waals surface area contributed by atoms with Crippen molar-refractivity contribution >= 4 is 33.8 Å². The summed E-state index contributed by atoms with van der Waals surface area (Å²) in [6, 6.07) is 16.5. The predicted octanol–water partition coefficient (Wildman–Crippen LogP) is 2.31. The molecule has 1 aliphatic heterocycles. The molecule has 1 atom stereocenters. The Labute approximate surface area is 259 Å². The predicted molar refractivity (Wildman–Crippen MR) is 159 cm³/mol. The van der Waals surface area contributed by atoms with Crippen LogP contribution in [0.2, 0.25) is 0 Å². The van der Waals surface area contributed by atoms with E-state index < -0.39 is 52.0 Å². The van der Waals surface area contributed by atoms with Crippen LogP contribution < -0.4 is 5.32 Å². The molecule has 45 heavy (non-hydrogen) atoms. The fraction of sp³-hybridized carbons (Fsp3) is 0.333. The van der Waals surface area contributed by atoms with Gasteiger partial charge >= 0.3 is 12.1 Å². The van der Waals surface area contributed by atoms with Crippen LogP contribution in [0.5, 0.6) is 0 Å². The minimum Gasteiger partial charge on any atom is -0.481 e. The zero-order chi connectivity index (χ0) is 32.4. The highest BCUT2D eigenvalue weighted by atomic mass is 32.2. The van der Waals surface area contributed by atoms with Crippen LogP contribution in [-0.2, 0) is 34.8 Å². The second-order valence-electron chi connectivity index (χ2n) is 9.99. The number of hydroxylamine groups is 2. The number of hydrogen-bond donors (Lipinski definition) is 2. The zero-order valence-electron chi connectivity index (χ0n) is 24.5. The lowest BCUT2D eigenvalue weighted by Crippen LogP contribution is -2.55. The first-order chi connectivity index (χ1) is 21.6. The van der Waals surface area contributed by atoms with E-state index >= 15 is 0 Å². The van der Waals surface area contributed by atoms with Gasteiger partial charge in [-0.2, -0.15) is 0 Å². The minimum atomic E-state index is -3.83. The molecule has 1 aromatic heterocycles. The number of sulfone groups is 1. The lowest BCUT2D eigenvalue weighted by Gasteiger charge is -2.35. The molecule has 238 valence electrons. The Balaban J connectivity index is 1.56. The number of carboxylic acid groups (broad SMARTS) is 1. The Kier molecular flexibility index (Phi) is 11.2. The molecule has 0 bridgehead atoms. The maximum absolute atomic E-state index is 13.5. The average Bonchev–Trinajstić information content (AvgIpc) is 3.03. The molecule has 2 N–H and O–H groups in total. The van der Waals surface area contributed by atoms with E-state index in [0.717, 1.165) is 0 Å². The Bertz CT molecular complexity index is 1610. The van der Waals surface area contributed by atoms with Crippen molar-refractivity contribution in [1.82, 2.24) is 25.2 Å². The summed E-state index contributed by atoms with van der Waals surface area (Å²) >= 11 is 0. The van der Waals surface area contributed by atoms with Gasteiger partial charge in [-0.3, -0.25) is 14.4 Å². The van der Waals surface area contributed by atoms with Crippen LogP contribution in [0.25, 0.3) is 11.4 Å². The van der Waals surface area contributed by atoms with E-state index in [-0.39, 0.29) is 61.3 Å². The van der Waals surface area contributed by atoms with Crippen LogP contribution in [0.3, 0.4) is 0 Å². The van der Waals surface area contributed by atoms with Crippen LogP contribution in [0.4, 0.5) is 4.79 Å². The first kappa shape index (κ1) is 33.0. The van der Waals surface area contributed by atoms with Crippen LogP contribution in [0, 0.1) is 0 Å². The number of nitrogens with one attached hydrogen (secondary N) is 1. The number of rotatable bonds is 12. The van der Waals surface area contributed by atoms with Crippen molar-refractivity contribution in [2.75, 3.05) is 32.8 Å². The first-order valence-corrected chi connectivity index (χ1v) is 15.8. The molecule has 1 aliphatic rings. The summed E-state index contributed by atoms with van der Waals surface area (Å²) in [7, 11) is -3.83. The highest BCUT2D eigenvalue weighted by molar-refractivity contribution is 7.90. The highest BCUT2D eigenvalue weighted by Gasteiger charge is 2.31. The van der Waals surface area contributed by atoms with Crippen LogP contribution in [0.1, 0.15) is 35.9 Å². The smallest absolute Gasteiger partial charge is 0.481 e. The van der Waals surface area contributed by atoms with Gasteiger partial charge in [0, 0.05) is 25.1 Å². The number of hydrogen-bond acceptors (Lipinski definition) is 11. The Hall–Kier alpha value is -4.89. The number of carbonyl (C=O) groups is 4. The number of ether oxygens (including phenoxy) is 1. The Morgan fingerprint density at radius 2 is 1.60 bits per heavy atom. The van der Waals surface area contributed by atoms with E-state index in [1.807, 2.05) is 0 Å². The lowest BCUT2D eigenvalue weighted by molar-refractivity contribution is -0.157. The molecule has 0 saturated carbocycles. The molecule has 0 aliphatic carbocycles. The third-order valence-electron chi connectivity index (χ3n) is 6.75. The van der Waals surface area contributed by atoms with Gasteiger partial charge in [0.15, 0.2) is 15.7 Å². The fourth-order valence-corrected chi connectivity index (χ4v) is 5.81. The molecule has 2 aromatic carbocycles. The van der Waals surface area contributed by atoms with Gasteiger partial charge in [-0.05, 0) is 31.5 Å². The molecule has 15 heteroatoms. The fourth-order valence-electron chi connectivity index (χ4n) is 4.54. The Morgan fingerprint density at radius 1 is 0.956 bits per heavy atom. The first-order valence-electron chi connectivity index (χ1n) is 14.2. The topological polar surface area (TPSA) is 185 Å². The molecular weight excluding hydrogens is 606 g/mol. The van der Waals surface area contributed by atoms with Crippen LogP contribution in [-0.4, -0.2) is 96.2 Å². The second kappa shape index (κ2) is 15.2. The number of carboxylic acids is 1. The van der Waals surface area contributed by atoms with Crippen LogP contribution in [0.15, 0.2) is 71.6 Å². The maximum atomic E-state index is 13.5. The number of piperazine rings is 1. The van der Waals surface area contributed by atoms with Crippen molar-refractivity contribution in [3.8, 4) is 11.4 Å². The molecule has 1 saturated heterocycles. The van der Waals surface area contributed by atoms with Crippen molar-refractivity contribution in [2.45, 2.75) is 36.5 Å². The number of aliphatic carboxylic acids is 1.